The first-order valence-corrected chi connectivity index (χ1v) is 5.80. The van der Waals surface area contributed by atoms with Gasteiger partial charge in [0.2, 0.25) is 0 Å². The number of nitrogen functional groups attached to an aromatic ring is 1. The van der Waals surface area contributed by atoms with E-state index in [0.29, 0.717) is 6.04 Å². The standard InChI is InChI=1S/C13H22N2O/c1-4-11(2)15(9-10-16-3)13-8-6-5-7-12(13)14/h5-8,11H,4,9-10,14H2,1-3H3. The van der Waals surface area contributed by atoms with E-state index in [9.17, 15) is 0 Å². The number of anilines is 2. The lowest BCUT2D eigenvalue weighted by Crippen LogP contribution is -2.35. The van der Waals surface area contributed by atoms with Crippen LogP contribution in [0, 0.1) is 0 Å². The molecule has 90 valence electrons. The summed E-state index contributed by atoms with van der Waals surface area (Å²) in [6.45, 7) is 5.99. The molecular formula is C13H22N2O. The van der Waals surface area contributed by atoms with E-state index in [1.54, 1.807) is 7.11 Å². The Morgan fingerprint density at radius 2 is 2.06 bits per heavy atom. The van der Waals surface area contributed by atoms with Gasteiger partial charge in [0.05, 0.1) is 18.0 Å². The van der Waals surface area contributed by atoms with Crippen LogP contribution >= 0.6 is 0 Å². The number of nitrogens with two attached hydrogens (primary N) is 1. The monoisotopic (exact) mass is 222 g/mol. The summed E-state index contributed by atoms with van der Waals surface area (Å²) in [4.78, 5) is 2.30. The van der Waals surface area contributed by atoms with Crippen LogP contribution < -0.4 is 10.6 Å². The summed E-state index contributed by atoms with van der Waals surface area (Å²) >= 11 is 0. The van der Waals surface area contributed by atoms with Crippen LogP contribution in [0.3, 0.4) is 0 Å². The zero-order valence-corrected chi connectivity index (χ0v) is 10.4. The zero-order chi connectivity index (χ0) is 12.0. The van der Waals surface area contributed by atoms with Crippen molar-refractivity contribution in [3.05, 3.63) is 24.3 Å². The fourth-order valence-electron chi connectivity index (χ4n) is 1.74. The fourth-order valence-corrected chi connectivity index (χ4v) is 1.74. The summed E-state index contributed by atoms with van der Waals surface area (Å²) in [5.74, 6) is 0. The largest absolute Gasteiger partial charge is 0.397 e. The molecule has 0 aliphatic heterocycles. The van der Waals surface area contributed by atoms with E-state index in [1.165, 1.54) is 0 Å². The Morgan fingerprint density at radius 1 is 1.38 bits per heavy atom. The highest BCUT2D eigenvalue weighted by molar-refractivity contribution is 5.67. The molecule has 1 rings (SSSR count). The molecule has 0 fully saturated rings. The Labute approximate surface area is 98.2 Å². The van der Waals surface area contributed by atoms with Gasteiger partial charge in [-0.2, -0.15) is 0 Å². The number of rotatable bonds is 6. The highest BCUT2D eigenvalue weighted by atomic mass is 16.5. The summed E-state index contributed by atoms with van der Waals surface area (Å²) in [6.07, 6.45) is 1.10. The van der Waals surface area contributed by atoms with Crippen LogP contribution in [0.15, 0.2) is 24.3 Å². The van der Waals surface area contributed by atoms with Crippen molar-refractivity contribution < 1.29 is 4.74 Å². The van der Waals surface area contributed by atoms with Crippen LogP contribution in [-0.4, -0.2) is 26.3 Å². The molecular weight excluding hydrogens is 200 g/mol. The molecule has 0 radical (unpaired) electrons. The van der Waals surface area contributed by atoms with E-state index < -0.39 is 0 Å². The van der Waals surface area contributed by atoms with Crippen molar-refractivity contribution in [3.8, 4) is 0 Å². The average Bonchev–Trinajstić information content (AvgIpc) is 2.31. The second-order valence-electron chi connectivity index (χ2n) is 4.00. The number of hydrogen-bond donors (Lipinski definition) is 1. The first-order valence-electron chi connectivity index (χ1n) is 5.80. The molecule has 0 bridgehead atoms. The Morgan fingerprint density at radius 3 is 2.62 bits per heavy atom. The third-order valence-electron chi connectivity index (χ3n) is 2.91. The third-order valence-corrected chi connectivity index (χ3v) is 2.91. The van der Waals surface area contributed by atoms with E-state index in [1.807, 2.05) is 18.2 Å². The molecule has 1 unspecified atom stereocenters. The number of methoxy groups -OCH3 is 1. The van der Waals surface area contributed by atoms with E-state index in [4.69, 9.17) is 10.5 Å². The van der Waals surface area contributed by atoms with Gasteiger partial charge in [0.15, 0.2) is 0 Å². The minimum Gasteiger partial charge on any atom is -0.397 e. The van der Waals surface area contributed by atoms with Gasteiger partial charge in [0, 0.05) is 19.7 Å². The minimum absolute atomic E-state index is 0.472. The SMILES string of the molecule is CCC(C)N(CCOC)c1ccccc1N. The fraction of sp³-hybridized carbons (Fsp3) is 0.538. The maximum atomic E-state index is 6.00. The predicted octanol–water partition coefficient (Wildman–Crippen LogP) is 2.52. The molecule has 3 heteroatoms. The van der Waals surface area contributed by atoms with Crippen molar-refractivity contribution in [2.45, 2.75) is 26.3 Å². The minimum atomic E-state index is 0.472. The molecule has 16 heavy (non-hydrogen) atoms. The van der Waals surface area contributed by atoms with Crippen LogP contribution in [0.1, 0.15) is 20.3 Å². The number of benzene rings is 1. The van der Waals surface area contributed by atoms with Gasteiger partial charge in [-0.15, -0.1) is 0 Å². The molecule has 0 heterocycles. The molecule has 1 aromatic carbocycles. The van der Waals surface area contributed by atoms with Crippen LogP contribution in [0.5, 0.6) is 0 Å². The van der Waals surface area contributed by atoms with E-state index >= 15 is 0 Å². The number of hydrogen-bond acceptors (Lipinski definition) is 3. The number of ether oxygens (including phenoxy) is 1. The van der Waals surface area contributed by atoms with Crippen molar-refractivity contribution in [1.82, 2.24) is 0 Å². The van der Waals surface area contributed by atoms with Crippen molar-refractivity contribution in [1.29, 1.82) is 0 Å². The normalized spacial score (nSPS) is 12.4. The molecule has 3 nitrogen and oxygen atoms in total. The summed E-state index contributed by atoms with van der Waals surface area (Å²) in [5, 5.41) is 0. The van der Waals surface area contributed by atoms with Crippen LogP contribution in [-0.2, 0) is 4.74 Å². The van der Waals surface area contributed by atoms with Gasteiger partial charge in [0.1, 0.15) is 0 Å². The summed E-state index contributed by atoms with van der Waals surface area (Å²) in [6, 6.07) is 8.46. The van der Waals surface area contributed by atoms with Gasteiger partial charge < -0.3 is 15.4 Å². The van der Waals surface area contributed by atoms with E-state index in [-0.39, 0.29) is 0 Å². The van der Waals surface area contributed by atoms with Gasteiger partial charge in [-0.1, -0.05) is 19.1 Å². The van der Waals surface area contributed by atoms with E-state index in [2.05, 4.69) is 24.8 Å². The number of nitrogens with zero attached hydrogens (tertiary/aromatic N) is 1. The van der Waals surface area contributed by atoms with Crippen LogP contribution in [0.2, 0.25) is 0 Å². The Bertz CT molecular complexity index is 315. The lowest BCUT2D eigenvalue weighted by Gasteiger charge is -2.31. The van der Waals surface area contributed by atoms with Gasteiger partial charge in [0.25, 0.3) is 0 Å². The molecule has 0 saturated heterocycles. The Balaban J connectivity index is 2.87. The Kier molecular flexibility index (Phi) is 5.12. The lowest BCUT2D eigenvalue weighted by atomic mass is 10.1. The quantitative estimate of drug-likeness (QED) is 0.752. The van der Waals surface area contributed by atoms with E-state index in [0.717, 1.165) is 30.9 Å². The molecule has 0 aliphatic carbocycles. The Hall–Kier alpha value is -1.22. The first kappa shape index (κ1) is 12.8. The highest BCUT2D eigenvalue weighted by Gasteiger charge is 2.14. The maximum absolute atomic E-state index is 6.00. The molecule has 0 amide bonds. The molecule has 1 aromatic rings. The molecule has 1 atom stereocenters. The van der Waals surface area contributed by atoms with Crippen LogP contribution in [0.25, 0.3) is 0 Å². The summed E-state index contributed by atoms with van der Waals surface area (Å²) < 4.78 is 5.15. The topological polar surface area (TPSA) is 38.5 Å². The first-order chi connectivity index (χ1) is 7.70. The zero-order valence-electron chi connectivity index (χ0n) is 10.4. The molecule has 0 spiro atoms. The lowest BCUT2D eigenvalue weighted by molar-refractivity contribution is 0.203. The number of para-hydroxylation sites is 2. The second-order valence-corrected chi connectivity index (χ2v) is 4.00. The average molecular weight is 222 g/mol. The molecule has 2 N–H and O–H groups in total. The molecule has 0 aromatic heterocycles. The van der Waals surface area contributed by atoms with Gasteiger partial charge >= 0.3 is 0 Å². The van der Waals surface area contributed by atoms with Gasteiger partial charge in [-0.05, 0) is 25.5 Å². The highest BCUT2D eigenvalue weighted by Crippen LogP contribution is 2.25. The third kappa shape index (κ3) is 3.14. The predicted molar refractivity (Wildman–Crippen MR) is 69.8 cm³/mol. The van der Waals surface area contributed by atoms with Crippen molar-refractivity contribution >= 4 is 11.4 Å². The van der Waals surface area contributed by atoms with Crippen molar-refractivity contribution in [2.24, 2.45) is 0 Å². The van der Waals surface area contributed by atoms with Crippen LogP contribution in [0.4, 0.5) is 11.4 Å². The van der Waals surface area contributed by atoms with Crippen molar-refractivity contribution in [2.75, 3.05) is 30.9 Å². The molecule has 0 aliphatic rings. The smallest absolute Gasteiger partial charge is 0.0637 e. The van der Waals surface area contributed by atoms with Crippen molar-refractivity contribution in [3.63, 3.8) is 0 Å². The summed E-state index contributed by atoms with van der Waals surface area (Å²) in [7, 11) is 1.73. The maximum Gasteiger partial charge on any atom is 0.0637 e. The second kappa shape index (κ2) is 6.38. The van der Waals surface area contributed by atoms with Gasteiger partial charge in [-0.3, -0.25) is 0 Å². The molecule has 0 saturated carbocycles. The van der Waals surface area contributed by atoms with Gasteiger partial charge in [-0.25, -0.2) is 0 Å². The summed E-state index contributed by atoms with van der Waals surface area (Å²) in [5.41, 5.74) is 7.94.